The van der Waals surface area contributed by atoms with Gasteiger partial charge in [0, 0.05) is 12.0 Å². The minimum atomic E-state index is 0.260. The highest BCUT2D eigenvalue weighted by atomic mass is 16.1. The molecule has 25 heavy (non-hydrogen) atoms. The third-order valence-corrected chi connectivity index (χ3v) is 5.23. The second kappa shape index (κ2) is 7.06. The van der Waals surface area contributed by atoms with Gasteiger partial charge in [-0.1, -0.05) is 84.4 Å². The van der Waals surface area contributed by atoms with Gasteiger partial charge < -0.3 is 0 Å². The van der Waals surface area contributed by atoms with Crippen LogP contribution in [0.15, 0.2) is 78.4 Å². The van der Waals surface area contributed by atoms with Crippen LogP contribution in [0.4, 0.5) is 0 Å². The highest BCUT2D eigenvalue weighted by Gasteiger charge is 2.24. The normalized spacial score (nSPS) is 18.7. The molecule has 4 rings (SSSR count). The smallest absolute Gasteiger partial charge is 0.163 e. The Morgan fingerprint density at radius 1 is 0.920 bits per heavy atom. The number of carbonyl (C=O) groups excluding carboxylic acids is 1. The Hall–Kier alpha value is -2.67. The minimum Gasteiger partial charge on any atom is -0.294 e. The van der Waals surface area contributed by atoms with Crippen LogP contribution in [0.5, 0.6) is 0 Å². The summed E-state index contributed by atoms with van der Waals surface area (Å²) in [7, 11) is 0. The minimum absolute atomic E-state index is 0.260. The molecular weight excluding hydrogens is 304 g/mol. The summed E-state index contributed by atoms with van der Waals surface area (Å²) >= 11 is 0. The van der Waals surface area contributed by atoms with Gasteiger partial charge in [-0.05, 0) is 41.5 Å². The summed E-state index contributed by atoms with van der Waals surface area (Å²) in [6, 6.07) is 24.6. The van der Waals surface area contributed by atoms with Gasteiger partial charge >= 0.3 is 0 Å². The number of hydrogen-bond donors (Lipinski definition) is 0. The maximum absolute atomic E-state index is 12.6. The van der Waals surface area contributed by atoms with E-state index in [1.54, 1.807) is 0 Å². The largest absolute Gasteiger partial charge is 0.294 e. The fourth-order valence-electron chi connectivity index (χ4n) is 3.91. The molecule has 0 saturated heterocycles. The van der Waals surface area contributed by atoms with Crippen LogP contribution in [0.2, 0.25) is 0 Å². The quantitative estimate of drug-likeness (QED) is 0.514. The van der Waals surface area contributed by atoms with Gasteiger partial charge in [0.25, 0.3) is 0 Å². The van der Waals surface area contributed by atoms with Gasteiger partial charge in [-0.15, -0.1) is 0 Å². The summed E-state index contributed by atoms with van der Waals surface area (Å²) in [4.78, 5) is 12.6. The van der Waals surface area contributed by atoms with Crippen molar-refractivity contribution in [3.05, 3.63) is 89.5 Å². The molecule has 0 aromatic heterocycles. The van der Waals surface area contributed by atoms with E-state index in [1.165, 1.54) is 28.3 Å². The monoisotopic (exact) mass is 326 g/mol. The van der Waals surface area contributed by atoms with Crippen molar-refractivity contribution in [2.24, 2.45) is 5.92 Å². The van der Waals surface area contributed by atoms with Crippen molar-refractivity contribution in [2.45, 2.75) is 25.7 Å². The molecule has 1 heteroatoms. The molecule has 1 saturated carbocycles. The van der Waals surface area contributed by atoms with E-state index in [2.05, 4.69) is 48.5 Å². The molecule has 1 atom stereocenters. The van der Waals surface area contributed by atoms with Gasteiger partial charge in [-0.25, -0.2) is 0 Å². The lowest BCUT2D eigenvalue weighted by molar-refractivity contribution is 0.0968. The zero-order valence-corrected chi connectivity index (χ0v) is 14.3. The third-order valence-electron chi connectivity index (χ3n) is 5.23. The average molecular weight is 326 g/mol. The second-order valence-corrected chi connectivity index (χ2v) is 6.87. The van der Waals surface area contributed by atoms with Crippen molar-refractivity contribution in [2.75, 3.05) is 0 Å². The number of hydrogen-bond acceptors (Lipinski definition) is 1. The van der Waals surface area contributed by atoms with E-state index < -0.39 is 0 Å². The highest BCUT2D eigenvalue weighted by molar-refractivity contribution is 5.96. The van der Waals surface area contributed by atoms with Crippen molar-refractivity contribution in [1.82, 2.24) is 0 Å². The van der Waals surface area contributed by atoms with E-state index in [4.69, 9.17) is 0 Å². The van der Waals surface area contributed by atoms with Crippen molar-refractivity contribution < 1.29 is 4.79 Å². The first-order chi connectivity index (χ1) is 12.3. The summed E-state index contributed by atoms with van der Waals surface area (Å²) in [5, 5.41) is 2.56. The van der Waals surface area contributed by atoms with Crippen molar-refractivity contribution in [3.63, 3.8) is 0 Å². The molecular formula is C24H22O. The third kappa shape index (κ3) is 3.41. The van der Waals surface area contributed by atoms with Crippen LogP contribution in [0.25, 0.3) is 16.8 Å². The van der Waals surface area contributed by atoms with Crippen LogP contribution < -0.4 is 0 Å². The number of allylic oxidation sites excluding steroid dienone is 1. The van der Waals surface area contributed by atoms with Gasteiger partial charge in [0.05, 0.1) is 0 Å². The van der Waals surface area contributed by atoms with Crippen molar-refractivity contribution in [3.8, 4) is 0 Å². The Kier molecular flexibility index (Phi) is 4.47. The molecule has 0 N–H and O–H groups in total. The van der Waals surface area contributed by atoms with Crippen molar-refractivity contribution >= 4 is 22.6 Å². The number of carbonyl (C=O) groups is 1. The average Bonchev–Trinajstić information content (AvgIpc) is 3.09. The zero-order valence-electron chi connectivity index (χ0n) is 14.3. The lowest BCUT2D eigenvalue weighted by atomic mass is 9.91. The van der Waals surface area contributed by atoms with E-state index in [1.807, 2.05) is 30.3 Å². The number of fused-ring (bicyclic) bond motifs is 1. The van der Waals surface area contributed by atoms with Gasteiger partial charge in [0.15, 0.2) is 5.78 Å². The maximum Gasteiger partial charge on any atom is 0.163 e. The Bertz CT molecular complexity index is 916. The summed E-state index contributed by atoms with van der Waals surface area (Å²) in [5.41, 5.74) is 3.53. The lowest BCUT2D eigenvalue weighted by Gasteiger charge is -2.12. The summed E-state index contributed by atoms with van der Waals surface area (Å²) in [6.45, 7) is 0. The van der Waals surface area contributed by atoms with E-state index in [9.17, 15) is 4.79 Å². The topological polar surface area (TPSA) is 17.1 Å². The molecule has 3 aromatic carbocycles. The number of ketones is 1. The Balaban J connectivity index is 1.60. The lowest BCUT2D eigenvalue weighted by Crippen LogP contribution is -2.07. The van der Waals surface area contributed by atoms with E-state index in [0.29, 0.717) is 12.3 Å². The second-order valence-electron chi connectivity index (χ2n) is 6.87. The SMILES string of the molecule is O=C(CC1CCC/C1=C\c1cccc2ccccc12)c1ccccc1. The molecule has 0 radical (unpaired) electrons. The predicted octanol–water partition coefficient (Wildman–Crippen LogP) is 6.30. The van der Waals surface area contributed by atoms with Crippen LogP contribution in [-0.2, 0) is 0 Å². The molecule has 3 aromatic rings. The molecule has 0 spiro atoms. The molecule has 0 heterocycles. The summed E-state index contributed by atoms with van der Waals surface area (Å²) in [5.74, 6) is 0.642. The van der Waals surface area contributed by atoms with Crippen LogP contribution in [0.1, 0.15) is 41.6 Å². The Labute approximate surface area is 149 Å². The number of rotatable bonds is 4. The standard InChI is InChI=1S/C24H22O/c25-24(19-9-2-1-3-10-19)17-21-13-7-12-20(21)16-22-14-6-11-18-8-4-5-15-23(18)22/h1-6,8-11,14-16,21H,7,12-13,17H2/b20-16+. The summed E-state index contributed by atoms with van der Waals surface area (Å²) in [6.07, 6.45) is 6.37. The van der Waals surface area contributed by atoms with E-state index >= 15 is 0 Å². The molecule has 124 valence electrons. The van der Waals surface area contributed by atoms with Crippen LogP contribution in [0, 0.1) is 5.92 Å². The van der Waals surface area contributed by atoms with Gasteiger partial charge in [0.2, 0.25) is 0 Å². The first kappa shape index (κ1) is 15.8. The Morgan fingerprint density at radius 3 is 2.56 bits per heavy atom. The Morgan fingerprint density at radius 2 is 1.68 bits per heavy atom. The predicted molar refractivity (Wildman–Crippen MR) is 105 cm³/mol. The molecule has 0 bridgehead atoms. The molecule has 0 aliphatic heterocycles. The molecule has 1 aliphatic rings. The number of Topliss-reactive ketones (excluding diaryl/α,β-unsaturated/α-hetero) is 1. The van der Waals surface area contributed by atoms with Crippen LogP contribution in [-0.4, -0.2) is 5.78 Å². The van der Waals surface area contributed by atoms with E-state index in [0.717, 1.165) is 18.4 Å². The van der Waals surface area contributed by atoms with Crippen LogP contribution >= 0.6 is 0 Å². The van der Waals surface area contributed by atoms with Gasteiger partial charge in [-0.2, -0.15) is 0 Å². The highest BCUT2D eigenvalue weighted by Crippen LogP contribution is 2.36. The molecule has 0 amide bonds. The molecule has 1 nitrogen and oxygen atoms in total. The molecule has 1 aliphatic carbocycles. The molecule has 1 unspecified atom stereocenters. The van der Waals surface area contributed by atoms with Crippen molar-refractivity contribution in [1.29, 1.82) is 0 Å². The number of benzene rings is 3. The fraction of sp³-hybridized carbons (Fsp3) is 0.208. The van der Waals surface area contributed by atoms with Gasteiger partial charge in [0.1, 0.15) is 0 Å². The van der Waals surface area contributed by atoms with Gasteiger partial charge in [-0.3, -0.25) is 4.79 Å². The van der Waals surface area contributed by atoms with Crippen LogP contribution in [0.3, 0.4) is 0 Å². The fourth-order valence-corrected chi connectivity index (χ4v) is 3.91. The first-order valence-corrected chi connectivity index (χ1v) is 9.08. The molecule has 1 fully saturated rings. The van der Waals surface area contributed by atoms with E-state index in [-0.39, 0.29) is 5.78 Å². The first-order valence-electron chi connectivity index (χ1n) is 9.08. The zero-order chi connectivity index (χ0) is 17.1. The maximum atomic E-state index is 12.6. The summed E-state index contributed by atoms with van der Waals surface area (Å²) < 4.78 is 0.